The molecule has 1 aromatic rings. The van der Waals surface area contributed by atoms with E-state index in [0.717, 1.165) is 11.1 Å². The highest BCUT2D eigenvalue weighted by atomic mass is 16.5. The van der Waals surface area contributed by atoms with Crippen LogP contribution in [0.5, 0.6) is 0 Å². The molecule has 5 heteroatoms. The monoisotopic (exact) mass is 237 g/mol. The van der Waals surface area contributed by atoms with Crippen LogP contribution in [0.3, 0.4) is 0 Å². The highest BCUT2D eigenvalue weighted by molar-refractivity contribution is 5.71. The number of rotatable bonds is 5. The molecule has 0 amide bonds. The number of ether oxygens (including phenoxy) is 1. The summed E-state index contributed by atoms with van der Waals surface area (Å²) in [5, 5.41) is 8.75. The van der Waals surface area contributed by atoms with Crippen molar-refractivity contribution in [1.29, 1.82) is 0 Å². The molecule has 0 saturated heterocycles. The average molecular weight is 237 g/mol. The van der Waals surface area contributed by atoms with Crippen LogP contribution in [0.2, 0.25) is 0 Å². The summed E-state index contributed by atoms with van der Waals surface area (Å²) in [5.41, 5.74) is 2.24. The number of aryl methyl sites for hydroxylation is 2. The Bertz CT molecular complexity index is 429. The van der Waals surface area contributed by atoms with Crippen molar-refractivity contribution < 1.29 is 19.4 Å². The Morgan fingerprint density at radius 3 is 2.76 bits per heavy atom. The van der Waals surface area contributed by atoms with Gasteiger partial charge >= 0.3 is 11.9 Å². The molecule has 0 aromatic carbocycles. The summed E-state index contributed by atoms with van der Waals surface area (Å²) in [6.45, 7) is 1.87. The lowest BCUT2D eigenvalue weighted by molar-refractivity contribution is -0.140. The number of carboxylic acid groups (broad SMARTS) is 1. The van der Waals surface area contributed by atoms with Gasteiger partial charge in [0, 0.05) is 12.6 Å². The zero-order valence-electron chi connectivity index (χ0n) is 9.90. The lowest BCUT2D eigenvalue weighted by atomic mass is 10.0. The van der Waals surface area contributed by atoms with Crippen LogP contribution in [0.15, 0.2) is 12.3 Å². The van der Waals surface area contributed by atoms with Gasteiger partial charge < -0.3 is 9.84 Å². The van der Waals surface area contributed by atoms with Crippen molar-refractivity contribution >= 4 is 11.9 Å². The Morgan fingerprint density at radius 2 is 2.18 bits per heavy atom. The molecular formula is C12H15NO4. The zero-order valence-corrected chi connectivity index (χ0v) is 9.90. The molecule has 0 aliphatic rings. The largest absolute Gasteiger partial charge is 0.481 e. The van der Waals surface area contributed by atoms with Crippen molar-refractivity contribution in [3.8, 4) is 0 Å². The van der Waals surface area contributed by atoms with Crippen LogP contribution >= 0.6 is 0 Å². The van der Waals surface area contributed by atoms with Crippen molar-refractivity contribution in [1.82, 2.24) is 4.98 Å². The minimum atomic E-state index is -0.930. The Morgan fingerprint density at radius 1 is 1.47 bits per heavy atom. The van der Waals surface area contributed by atoms with Gasteiger partial charge in [-0.1, -0.05) is 6.07 Å². The number of hydrogen-bond acceptors (Lipinski definition) is 4. The number of carbonyl (C=O) groups is 2. The first-order chi connectivity index (χ1) is 8.02. The molecule has 0 unspecified atom stereocenters. The van der Waals surface area contributed by atoms with E-state index in [4.69, 9.17) is 5.11 Å². The number of aliphatic carboxylic acids is 1. The zero-order chi connectivity index (χ0) is 12.8. The summed E-state index contributed by atoms with van der Waals surface area (Å²) in [6.07, 6.45) is 2.18. The number of pyridine rings is 1. The summed E-state index contributed by atoms with van der Waals surface area (Å²) >= 11 is 0. The summed E-state index contributed by atoms with van der Waals surface area (Å²) in [6, 6.07) is 1.86. The maximum absolute atomic E-state index is 11.0. The van der Waals surface area contributed by atoms with E-state index in [2.05, 4.69) is 9.72 Å². The first-order valence-electron chi connectivity index (χ1n) is 5.26. The highest BCUT2D eigenvalue weighted by Crippen LogP contribution is 2.12. The van der Waals surface area contributed by atoms with E-state index in [9.17, 15) is 9.59 Å². The first kappa shape index (κ1) is 13.2. The van der Waals surface area contributed by atoms with Crippen LogP contribution in [0.25, 0.3) is 0 Å². The summed E-state index contributed by atoms with van der Waals surface area (Å²) in [7, 11) is 1.33. The second-order valence-electron chi connectivity index (χ2n) is 3.77. The normalized spacial score (nSPS) is 10.0. The van der Waals surface area contributed by atoms with E-state index < -0.39 is 5.97 Å². The van der Waals surface area contributed by atoms with Crippen LogP contribution in [0.1, 0.15) is 23.2 Å². The van der Waals surface area contributed by atoms with Gasteiger partial charge in [0.2, 0.25) is 0 Å². The Labute approximate surface area is 99.4 Å². The van der Waals surface area contributed by atoms with Gasteiger partial charge in [0.15, 0.2) is 0 Å². The summed E-state index contributed by atoms with van der Waals surface area (Å²) in [4.78, 5) is 25.8. The predicted molar refractivity (Wildman–Crippen MR) is 60.7 cm³/mol. The van der Waals surface area contributed by atoms with Gasteiger partial charge in [-0.2, -0.15) is 0 Å². The number of hydrogen-bond donors (Lipinski definition) is 1. The third-order valence-electron chi connectivity index (χ3n) is 2.34. The summed E-state index contributed by atoms with van der Waals surface area (Å²) < 4.78 is 4.55. The van der Waals surface area contributed by atoms with E-state index >= 15 is 0 Å². The number of carboxylic acids is 1. The topological polar surface area (TPSA) is 76.5 Å². The van der Waals surface area contributed by atoms with Crippen LogP contribution in [-0.2, 0) is 27.2 Å². The highest BCUT2D eigenvalue weighted by Gasteiger charge is 2.10. The van der Waals surface area contributed by atoms with E-state index in [1.54, 1.807) is 6.20 Å². The molecule has 0 radical (unpaired) electrons. The van der Waals surface area contributed by atoms with E-state index in [1.807, 2.05) is 13.0 Å². The van der Waals surface area contributed by atoms with Gasteiger partial charge in [-0.05, 0) is 24.5 Å². The first-order valence-corrected chi connectivity index (χ1v) is 5.26. The molecule has 0 saturated carbocycles. The number of nitrogens with zero attached hydrogens (tertiary/aromatic N) is 1. The summed E-state index contributed by atoms with van der Waals surface area (Å²) in [5.74, 6) is -1.24. The molecule has 0 fully saturated rings. The lowest BCUT2D eigenvalue weighted by Crippen LogP contribution is -2.09. The molecule has 92 valence electrons. The standard InChI is InChI=1S/C12H15NO4/c1-8-5-9(3-4-12(16)17-2)10(13-7-8)6-11(14)15/h5,7H,3-4,6H2,1-2H3,(H,14,15). The average Bonchev–Trinajstić information content (AvgIpc) is 2.28. The number of methoxy groups -OCH3 is 1. The van der Waals surface area contributed by atoms with E-state index in [0.29, 0.717) is 12.1 Å². The molecule has 1 heterocycles. The molecule has 0 aliphatic carbocycles. The van der Waals surface area contributed by atoms with E-state index in [-0.39, 0.29) is 18.8 Å². The third-order valence-corrected chi connectivity index (χ3v) is 2.34. The molecule has 0 bridgehead atoms. The molecule has 1 rings (SSSR count). The van der Waals surface area contributed by atoms with Gasteiger partial charge in [0.1, 0.15) is 0 Å². The number of carbonyl (C=O) groups excluding carboxylic acids is 1. The van der Waals surface area contributed by atoms with Crippen LogP contribution in [-0.4, -0.2) is 29.1 Å². The number of aromatic nitrogens is 1. The van der Waals surface area contributed by atoms with Crippen LogP contribution in [0.4, 0.5) is 0 Å². The van der Waals surface area contributed by atoms with Gasteiger partial charge in [-0.3, -0.25) is 14.6 Å². The van der Waals surface area contributed by atoms with Gasteiger partial charge in [-0.25, -0.2) is 0 Å². The second-order valence-corrected chi connectivity index (χ2v) is 3.77. The van der Waals surface area contributed by atoms with Crippen molar-refractivity contribution in [2.45, 2.75) is 26.2 Å². The molecule has 5 nitrogen and oxygen atoms in total. The SMILES string of the molecule is COC(=O)CCc1cc(C)cnc1CC(=O)O. The maximum atomic E-state index is 11.0. The Kier molecular flexibility index (Phi) is 4.63. The second kappa shape index (κ2) is 5.98. The van der Waals surface area contributed by atoms with Crippen LogP contribution in [0, 0.1) is 6.92 Å². The van der Waals surface area contributed by atoms with Crippen molar-refractivity contribution in [3.63, 3.8) is 0 Å². The minimum Gasteiger partial charge on any atom is -0.481 e. The molecule has 1 N–H and O–H groups in total. The third kappa shape index (κ3) is 4.22. The predicted octanol–water partition coefficient (Wildman–Crippen LogP) is 1.12. The molecule has 0 spiro atoms. The molecule has 17 heavy (non-hydrogen) atoms. The van der Waals surface area contributed by atoms with Crippen molar-refractivity contribution in [3.05, 3.63) is 29.1 Å². The molecule has 1 aromatic heterocycles. The minimum absolute atomic E-state index is 0.128. The Hall–Kier alpha value is -1.91. The molecule has 0 atom stereocenters. The molecular weight excluding hydrogens is 222 g/mol. The quantitative estimate of drug-likeness (QED) is 0.776. The van der Waals surface area contributed by atoms with Gasteiger partial charge in [0.05, 0.1) is 19.2 Å². The Balaban J connectivity index is 2.83. The van der Waals surface area contributed by atoms with Crippen molar-refractivity contribution in [2.24, 2.45) is 0 Å². The smallest absolute Gasteiger partial charge is 0.309 e. The number of esters is 1. The van der Waals surface area contributed by atoms with Crippen LogP contribution < -0.4 is 0 Å². The fourth-order valence-electron chi connectivity index (χ4n) is 1.52. The molecule has 0 aliphatic heterocycles. The van der Waals surface area contributed by atoms with Gasteiger partial charge in [0.25, 0.3) is 0 Å². The fraction of sp³-hybridized carbons (Fsp3) is 0.417. The lowest BCUT2D eigenvalue weighted by Gasteiger charge is -2.07. The van der Waals surface area contributed by atoms with Crippen molar-refractivity contribution in [2.75, 3.05) is 7.11 Å². The van der Waals surface area contributed by atoms with E-state index in [1.165, 1.54) is 7.11 Å². The maximum Gasteiger partial charge on any atom is 0.309 e. The van der Waals surface area contributed by atoms with Gasteiger partial charge in [-0.15, -0.1) is 0 Å². The fourth-order valence-corrected chi connectivity index (χ4v) is 1.52.